The lowest BCUT2D eigenvalue weighted by atomic mass is 10.2. The third-order valence-corrected chi connectivity index (χ3v) is 3.83. The highest BCUT2D eigenvalue weighted by Crippen LogP contribution is 2.11. The number of para-hydroxylation sites is 1. The minimum absolute atomic E-state index is 0.00461. The van der Waals surface area contributed by atoms with Gasteiger partial charge in [-0.2, -0.15) is 0 Å². The lowest BCUT2D eigenvalue weighted by molar-refractivity contribution is 0.0788. The summed E-state index contributed by atoms with van der Waals surface area (Å²) < 4.78 is 7.44. The molecule has 0 saturated carbocycles. The van der Waals surface area contributed by atoms with Crippen LogP contribution in [0.4, 0.5) is 0 Å². The molecular weight excluding hydrogens is 316 g/mol. The van der Waals surface area contributed by atoms with E-state index in [4.69, 9.17) is 4.74 Å². The van der Waals surface area contributed by atoms with E-state index < -0.39 is 0 Å². The smallest absolute Gasteiger partial charge is 0.253 e. The molecule has 1 heterocycles. The van der Waals surface area contributed by atoms with Gasteiger partial charge in [-0.25, -0.2) is 0 Å². The first kappa shape index (κ1) is 16.7. The zero-order valence-corrected chi connectivity index (χ0v) is 14.1. The average Bonchev–Trinajstić information content (AvgIpc) is 3.20. The Balaban J connectivity index is 1.48. The molecule has 0 bridgehead atoms. The molecule has 6 heteroatoms. The largest absolute Gasteiger partial charge is 0.494 e. The minimum atomic E-state index is -0.00461. The Kier molecular flexibility index (Phi) is 5.41. The highest BCUT2D eigenvalue weighted by atomic mass is 16.5. The molecule has 3 rings (SSSR count). The monoisotopic (exact) mass is 336 g/mol. The second-order valence-electron chi connectivity index (χ2n) is 5.66. The SMILES string of the molecule is CN(CCCOc1ccccc1)C(=O)c1ccc(-n2cnnc2)cc1. The first-order valence-electron chi connectivity index (χ1n) is 8.12. The van der Waals surface area contributed by atoms with E-state index in [2.05, 4.69) is 10.2 Å². The fourth-order valence-electron chi connectivity index (χ4n) is 2.44. The summed E-state index contributed by atoms with van der Waals surface area (Å²) >= 11 is 0. The Bertz CT molecular complexity index is 786. The predicted octanol–water partition coefficient (Wildman–Crippen LogP) is 2.81. The number of carbonyl (C=O) groups is 1. The Morgan fingerprint density at radius 1 is 1.04 bits per heavy atom. The van der Waals surface area contributed by atoms with E-state index in [0.717, 1.165) is 17.9 Å². The molecule has 0 radical (unpaired) electrons. The van der Waals surface area contributed by atoms with Crippen LogP contribution < -0.4 is 4.74 Å². The Morgan fingerprint density at radius 3 is 2.40 bits per heavy atom. The van der Waals surface area contributed by atoms with Crippen molar-refractivity contribution in [2.24, 2.45) is 0 Å². The molecule has 0 fully saturated rings. The van der Waals surface area contributed by atoms with Gasteiger partial charge >= 0.3 is 0 Å². The maximum Gasteiger partial charge on any atom is 0.253 e. The van der Waals surface area contributed by atoms with Gasteiger partial charge in [-0.05, 0) is 42.8 Å². The van der Waals surface area contributed by atoms with Gasteiger partial charge in [0.05, 0.1) is 6.61 Å². The molecule has 25 heavy (non-hydrogen) atoms. The number of amides is 1. The molecule has 1 amide bonds. The molecule has 6 nitrogen and oxygen atoms in total. The van der Waals surface area contributed by atoms with Crippen molar-refractivity contribution in [2.75, 3.05) is 20.2 Å². The molecule has 0 N–H and O–H groups in total. The van der Waals surface area contributed by atoms with Gasteiger partial charge in [-0.15, -0.1) is 10.2 Å². The fraction of sp³-hybridized carbons (Fsp3) is 0.211. The second kappa shape index (κ2) is 8.10. The number of carbonyl (C=O) groups excluding carboxylic acids is 1. The highest BCUT2D eigenvalue weighted by molar-refractivity contribution is 5.94. The summed E-state index contributed by atoms with van der Waals surface area (Å²) in [6.45, 7) is 1.22. The van der Waals surface area contributed by atoms with Gasteiger partial charge in [0.15, 0.2) is 0 Å². The van der Waals surface area contributed by atoms with Gasteiger partial charge in [-0.1, -0.05) is 18.2 Å². The number of aromatic nitrogens is 3. The van der Waals surface area contributed by atoms with Crippen LogP contribution in [-0.2, 0) is 0 Å². The van der Waals surface area contributed by atoms with Gasteiger partial charge in [0.25, 0.3) is 5.91 Å². The number of benzene rings is 2. The Hall–Kier alpha value is -3.15. The third kappa shape index (κ3) is 4.44. The number of rotatable bonds is 7. The number of nitrogens with zero attached hydrogens (tertiary/aromatic N) is 4. The van der Waals surface area contributed by atoms with Gasteiger partial charge < -0.3 is 9.64 Å². The van der Waals surface area contributed by atoms with Crippen molar-refractivity contribution in [1.29, 1.82) is 0 Å². The zero-order chi connectivity index (χ0) is 17.5. The summed E-state index contributed by atoms with van der Waals surface area (Å²) in [5.74, 6) is 0.844. The second-order valence-corrected chi connectivity index (χ2v) is 5.66. The number of hydrogen-bond acceptors (Lipinski definition) is 4. The first-order chi connectivity index (χ1) is 12.2. The van der Waals surface area contributed by atoms with Gasteiger partial charge in [0.2, 0.25) is 0 Å². The molecule has 128 valence electrons. The summed E-state index contributed by atoms with van der Waals surface area (Å²) in [5.41, 5.74) is 1.57. The molecule has 0 aliphatic carbocycles. The van der Waals surface area contributed by atoms with Crippen LogP contribution in [0.25, 0.3) is 5.69 Å². The topological polar surface area (TPSA) is 60.2 Å². The van der Waals surface area contributed by atoms with Crippen LogP contribution in [0.2, 0.25) is 0 Å². The van der Waals surface area contributed by atoms with Crippen LogP contribution in [0, 0.1) is 0 Å². The van der Waals surface area contributed by atoms with Crippen LogP contribution >= 0.6 is 0 Å². The van der Waals surface area contributed by atoms with Crippen molar-refractivity contribution in [3.63, 3.8) is 0 Å². The van der Waals surface area contributed by atoms with Crippen molar-refractivity contribution < 1.29 is 9.53 Å². The minimum Gasteiger partial charge on any atom is -0.494 e. The molecular formula is C19H20N4O2. The van der Waals surface area contributed by atoms with E-state index in [1.54, 1.807) is 29.2 Å². The predicted molar refractivity (Wildman–Crippen MR) is 94.9 cm³/mol. The van der Waals surface area contributed by atoms with E-state index in [0.29, 0.717) is 18.7 Å². The van der Waals surface area contributed by atoms with E-state index in [1.165, 1.54) is 0 Å². The van der Waals surface area contributed by atoms with Crippen LogP contribution in [0.5, 0.6) is 5.75 Å². The van der Waals surface area contributed by atoms with Crippen LogP contribution in [0.15, 0.2) is 67.3 Å². The Labute approximate surface area is 146 Å². The average molecular weight is 336 g/mol. The third-order valence-electron chi connectivity index (χ3n) is 3.83. The molecule has 0 unspecified atom stereocenters. The lowest BCUT2D eigenvalue weighted by Crippen LogP contribution is -2.28. The molecule has 0 aliphatic heterocycles. The normalized spacial score (nSPS) is 10.4. The molecule has 3 aromatic rings. The van der Waals surface area contributed by atoms with E-state index in [-0.39, 0.29) is 5.91 Å². The molecule has 0 saturated heterocycles. The quantitative estimate of drug-likeness (QED) is 0.623. The molecule has 0 atom stereocenters. The lowest BCUT2D eigenvalue weighted by Gasteiger charge is -2.17. The molecule has 2 aromatic carbocycles. The summed E-state index contributed by atoms with van der Waals surface area (Å²) in [7, 11) is 1.80. The molecule has 1 aromatic heterocycles. The van der Waals surface area contributed by atoms with Gasteiger partial charge in [-0.3, -0.25) is 9.36 Å². The van der Waals surface area contributed by atoms with Crippen LogP contribution in [0.1, 0.15) is 16.8 Å². The first-order valence-corrected chi connectivity index (χ1v) is 8.12. The van der Waals surface area contributed by atoms with Crippen molar-refractivity contribution in [3.8, 4) is 11.4 Å². The van der Waals surface area contributed by atoms with Crippen LogP contribution in [-0.4, -0.2) is 45.8 Å². The summed E-state index contributed by atoms with van der Waals surface area (Å²) in [5, 5.41) is 7.55. The van der Waals surface area contributed by atoms with Crippen molar-refractivity contribution in [1.82, 2.24) is 19.7 Å². The van der Waals surface area contributed by atoms with Crippen molar-refractivity contribution in [3.05, 3.63) is 72.8 Å². The van der Waals surface area contributed by atoms with Gasteiger partial charge in [0.1, 0.15) is 18.4 Å². The number of ether oxygens (including phenoxy) is 1. The Morgan fingerprint density at radius 2 is 1.72 bits per heavy atom. The standard InChI is InChI=1S/C19H20N4O2/c1-22(12-5-13-25-18-6-3-2-4-7-18)19(24)16-8-10-17(11-9-16)23-14-20-21-15-23/h2-4,6-11,14-15H,5,12-13H2,1H3. The maximum absolute atomic E-state index is 12.5. The fourth-order valence-corrected chi connectivity index (χ4v) is 2.44. The molecule has 0 spiro atoms. The van der Waals surface area contributed by atoms with E-state index in [9.17, 15) is 4.79 Å². The maximum atomic E-state index is 12.5. The van der Waals surface area contributed by atoms with Gasteiger partial charge in [0, 0.05) is 24.8 Å². The number of hydrogen-bond donors (Lipinski definition) is 0. The summed E-state index contributed by atoms with van der Waals surface area (Å²) in [6.07, 6.45) is 4.02. The van der Waals surface area contributed by atoms with Crippen molar-refractivity contribution >= 4 is 5.91 Å². The van der Waals surface area contributed by atoms with E-state index >= 15 is 0 Å². The zero-order valence-electron chi connectivity index (χ0n) is 14.1. The summed E-state index contributed by atoms with van der Waals surface area (Å²) in [6, 6.07) is 17.1. The van der Waals surface area contributed by atoms with E-state index in [1.807, 2.05) is 54.6 Å². The molecule has 0 aliphatic rings. The van der Waals surface area contributed by atoms with Crippen molar-refractivity contribution in [2.45, 2.75) is 6.42 Å². The summed E-state index contributed by atoms with van der Waals surface area (Å²) in [4.78, 5) is 14.2. The highest BCUT2D eigenvalue weighted by Gasteiger charge is 2.11. The van der Waals surface area contributed by atoms with Crippen LogP contribution in [0.3, 0.4) is 0 Å².